The lowest BCUT2D eigenvalue weighted by Gasteiger charge is -2.38. The van der Waals surface area contributed by atoms with Crippen molar-refractivity contribution in [2.45, 2.75) is 56.1 Å². The van der Waals surface area contributed by atoms with E-state index in [-0.39, 0.29) is 42.0 Å². The monoisotopic (exact) mass is 493 g/mol. The van der Waals surface area contributed by atoms with Crippen molar-refractivity contribution in [3.05, 3.63) is 28.8 Å². The third-order valence-corrected chi connectivity index (χ3v) is 9.76. The molecule has 1 aromatic rings. The zero-order valence-electron chi connectivity index (χ0n) is 19.3. The Bertz CT molecular complexity index is 939. The molecule has 0 aromatic heterocycles. The fraction of sp³-hybridized carbons (Fsp3) is 0.625. The molecule has 1 aromatic carbocycles. The van der Waals surface area contributed by atoms with Crippen molar-refractivity contribution in [1.29, 1.82) is 0 Å². The van der Waals surface area contributed by atoms with E-state index in [0.29, 0.717) is 23.7 Å². The van der Waals surface area contributed by atoms with E-state index in [1.165, 1.54) is 0 Å². The van der Waals surface area contributed by atoms with Gasteiger partial charge in [0.1, 0.15) is 6.04 Å². The Morgan fingerprint density at radius 1 is 1.33 bits per heavy atom. The summed E-state index contributed by atoms with van der Waals surface area (Å²) >= 11 is 8.02. The maximum absolute atomic E-state index is 13.8. The Labute approximate surface area is 204 Å². The van der Waals surface area contributed by atoms with E-state index in [4.69, 9.17) is 11.6 Å². The molecule has 3 aliphatic heterocycles. The van der Waals surface area contributed by atoms with Crippen molar-refractivity contribution in [2.24, 2.45) is 17.8 Å². The van der Waals surface area contributed by atoms with E-state index in [0.717, 1.165) is 18.4 Å². The van der Waals surface area contributed by atoms with Crippen LogP contribution in [-0.2, 0) is 14.4 Å². The largest absolute Gasteiger partial charge is 0.396 e. The number of aryl methyl sites for hydroxylation is 1. The number of aliphatic hydroxyl groups excluding tert-OH is 1. The smallest absolute Gasteiger partial charge is 0.248 e. The predicted octanol–water partition coefficient (Wildman–Crippen LogP) is 2.83. The van der Waals surface area contributed by atoms with Gasteiger partial charge in [0, 0.05) is 24.9 Å². The average Bonchev–Trinajstić information content (AvgIpc) is 3.37. The van der Waals surface area contributed by atoms with E-state index < -0.39 is 22.6 Å². The molecule has 3 amide bonds. The Morgan fingerprint density at radius 3 is 2.76 bits per heavy atom. The summed E-state index contributed by atoms with van der Waals surface area (Å²) in [5.41, 5.74) is 1.38. The molecule has 4 rings (SSSR count). The van der Waals surface area contributed by atoms with Gasteiger partial charge in [0.15, 0.2) is 0 Å². The first-order valence-electron chi connectivity index (χ1n) is 11.7. The predicted molar refractivity (Wildman–Crippen MR) is 130 cm³/mol. The second-order valence-corrected chi connectivity index (χ2v) is 11.3. The van der Waals surface area contributed by atoms with E-state index in [1.807, 2.05) is 26.0 Å². The molecule has 3 aliphatic rings. The minimum atomic E-state index is -0.730. The van der Waals surface area contributed by atoms with Crippen molar-refractivity contribution in [3.8, 4) is 0 Å². The Hall–Kier alpha value is -1.77. The number of halogens is 1. The number of amides is 3. The van der Waals surface area contributed by atoms with E-state index in [9.17, 15) is 19.5 Å². The van der Waals surface area contributed by atoms with Gasteiger partial charge in [-0.3, -0.25) is 14.4 Å². The van der Waals surface area contributed by atoms with E-state index in [2.05, 4.69) is 17.6 Å². The second-order valence-electron chi connectivity index (χ2n) is 9.37. The number of nitrogens with zero attached hydrogens (tertiary/aromatic N) is 1. The zero-order valence-corrected chi connectivity index (χ0v) is 20.8. The molecule has 33 heavy (non-hydrogen) atoms. The quantitative estimate of drug-likeness (QED) is 0.517. The van der Waals surface area contributed by atoms with Crippen molar-refractivity contribution >= 4 is 46.8 Å². The maximum atomic E-state index is 13.8. The first kappa shape index (κ1) is 24.4. The Kier molecular flexibility index (Phi) is 6.99. The van der Waals surface area contributed by atoms with Crippen LogP contribution >= 0.6 is 23.4 Å². The minimum absolute atomic E-state index is 0.0168. The van der Waals surface area contributed by atoms with Crippen LogP contribution in [0.4, 0.5) is 5.69 Å². The first-order valence-corrected chi connectivity index (χ1v) is 13.0. The molecule has 180 valence electrons. The van der Waals surface area contributed by atoms with Crippen molar-refractivity contribution in [1.82, 2.24) is 10.2 Å². The summed E-state index contributed by atoms with van der Waals surface area (Å²) in [6, 6.07) is 4.69. The summed E-state index contributed by atoms with van der Waals surface area (Å²) in [6.07, 6.45) is 1.99. The van der Waals surface area contributed by atoms with Crippen LogP contribution in [0.5, 0.6) is 0 Å². The maximum Gasteiger partial charge on any atom is 0.248 e. The van der Waals surface area contributed by atoms with Crippen LogP contribution in [0.1, 0.15) is 38.7 Å². The normalized spacial score (nSPS) is 32.2. The third kappa shape index (κ3) is 3.84. The molecular weight excluding hydrogens is 462 g/mol. The van der Waals surface area contributed by atoms with E-state index in [1.54, 1.807) is 22.7 Å². The number of benzene rings is 1. The molecule has 3 fully saturated rings. The molecule has 1 spiro atoms. The highest BCUT2D eigenvalue weighted by Gasteiger charge is 2.75. The second kappa shape index (κ2) is 9.47. The standard InChI is InChI=1S/C24H32ClN3O4S/c1-4-9-26-21(30)17-16-12-14(3)24(33-16)18(17)23(32)28(10-6-11-29)20(24)22(31)27-19-13(2)7-5-8-15(19)25/h5,7-8,14,16-18,20,29H,4,6,9-12H2,1-3H3,(H,26,30)(H,27,31)/t14?,16-,17+,18+,20?,24?/m1/s1. The fourth-order valence-electron chi connectivity index (χ4n) is 5.95. The number of likely N-dealkylation sites (tertiary alicyclic amines) is 1. The molecule has 0 radical (unpaired) electrons. The number of fused-ring (bicyclic) bond motifs is 1. The highest BCUT2D eigenvalue weighted by atomic mass is 35.5. The molecule has 3 saturated heterocycles. The number of nitrogens with one attached hydrogen (secondary N) is 2. The van der Waals surface area contributed by atoms with Crippen LogP contribution in [0.2, 0.25) is 5.02 Å². The summed E-state index contributed by atoms with van der Waals surface area (Å²) < 4.78 is -0.676. The van der Waals surface area contributed by atoms with Gasteiger partial charge in [-0.05, 0) is 43.7 Å². The Balaban J connectivity index is 1.72. The highest BCUT2D eigenvalue weighted by Crippen LogP contribution is 2.68. The molecule has 0 aliphatic carbocycles. The van der Waals surface area contributed by atoms with Gasteiger partial charge in [0.25, 0.3) is 0 Å². The summed E-state index contributed by atoms with van der Waals surface area (Å²) in [5, 5.41) is 15.9. The van der Waals surface area contributed by atoms with Crippen LogP contribution < -0.4 is 10.6 Å². The van der Waals surface area contributed by atoms with Gasteiger partial charge in [-0.15, -0.1) is 11.8 Å². The number of carbonyl (C=O) groups excluding carboxylic acids is 3. The minimum Gasteiger partial charge on any atom is -0.396 e. The number of para-hydroxylation sites is 1. The third-order valence-electron chi connectivity index (χ3n) is 7.37. The van der Waals surface area contributed by atoms with Gasteiger partial charge in [-0.25, -0.2) is 0 Å². The summed E-state index contributed by atoms with van der Waals surface area (Å²) in [5.74, 6) is -1.42. The molecule has 3 N–H and O–H groups in total. The number of aliphatic hydroxyl groups is 1. The number of hydrogen-bond donors (Lipinski definition) is 3. The van der Waals surface area contributed by atoms with E-state index >= 15 is 0 Å². The van der Waals surface area contributed by atoms with Crippen LogP contribution in [0.3, 0.4) is 0 Å². The highest BCUT2D eigenvalue weighted by molar-refractivity contribution is 8.02. The lowest BCUT2D eigenvalue weighted by molar-refractivity contribution is -0.139. The number of thioether (sulfide) groups is 1. The zero-order chi connectivity index (χ0) is 23.9. The molecule has 2 bridgehead atoms. The van der Waals surface area contributed by atoms with Gasteiger partial charge in [0.05, 0.1) is 27.3 Å². The first-order chi connectivity index (χ1) is 15.8. The molecule has 3 unspecified atom stereocenters. The van der Waals surface area contributed by atoms with Gasteiger partial charge in [0.2, 0.25) is 17.7 Å². The van der Waals surface area contributed by atoms with Crippen LogP contribution in [0, 0.1) is 24.7 Å². The van der Waals surface area contributed by atoms with Crippen molar-refractivity contribution in [3.63, 3.8) is 0 Å². The van der Waals surface area contributed by atoms with Gasteiger partial charge in [-0.1, -0.05) is 37.6 Å². The summed E-state index contributed by atoms with van der Waals surface area (Å²) in [6.45, 7) is 6.72. The fourth-order valence-corrected chi connectivity index (χ4v) is 8.64. The van der Waals surface area contributed by atoms with Crippen LogP contribution in [0.15, 0.2) is 18.2 Å². The van der Waals surface area contributed by atoms with Gasteiger partial charge in [-0.2, -0.15) is 0 Å². The lowest BCUT2D eigenvalue weighted by atomic mass is 9.66. The molecular formula is C24H32ClN3O4S. The Morgan fingerprint density at radius 2 is 2.09 bits per heavy atom. The van der Waals surface area contributed by atoms with Gasteiger partial charge >= 0.3 is 0 Å². The van der Waals surface area contributed by atoms with Crippen molar-refractivity contribution in [2.75, 3.05) is 25.0 Å². The topological polar surface area (TPSA) is 98.7 Å². The molecule has 9 heteroatoms. The summed E-state index contributed by atoms with van der Waals surface area (Å²) in [7, 11) is 0. The van der Waals surface area contributed by atoms with Crippen molar-refractivity contribution < 1.29 is 19.5 Å². The number of rotatable bonds is 8. The van der Waals surface area contributed by atoms with Crippen LogP contribution in [0.25, 0.3) is 0 Å². The number of anilines is 1. The van der Waals surface area contributed by atoms with Gasteiger partial charge < -0.3 is 20.6 Å². The summed E-state index contributed by atoms with van der Waals surface area (Å²) in [4.78, 5) is 42.3. The lowest BCUT2D eigenvalue weighted by Crippen LogP contribution is -2.55. The molecule has 0 saturated carbocycles. The average molecular weight is 494 g/mol. The molecule has 3 heterocycles. The molecule has 6 atom stereocenters. The SMILES string of the molecule is CCCNC(=O)[C@@H]1[C@H]2C(=O)N(CCCO)C(C(=O)Nc3c(C)cccc3Cl)C23S[C@@H]1CC3C. The number of carbonyl (C=O) groups is 3. The number of hydrogen-bond acceptors (Lipinski definition) is 5. The molecule has 7 nitrogen and oxygen atoms in total. The van der Waals surface area contributed by atoms with Crippen LogP contribution in [-0.4, -0.2) is 63.5 Å².